The minimum absolute atomic E-state index is 0.338. The maximum Gasteiger partial charge on any atom is 0.187 e. The summed E-state index contributed by atoms with van der Waals surface area (Å²) in [4.78, 5) is 16.7. The zero-order valence-corrected chi connectivity index (χ0v) is 19.8. The Hall–Kier alpha value is -2.49. The Morgan fingerprint density at radius 2 is 1.88 bits per heavy atom. The van der Waals surface area contributed by atoms with Crippen LogP contribution in [0.2, 0.25) is 0 Å². The van der Waals surface area contributed by atoms with Crippen molar-refractivity contribution in [3.63, 3.8) is 0 Å². The highest BCUT2D eigenvalue weighted by atomic mass is 32.1. The summed E-state index contributed by atoms with van der Waals surface area (Å²) >= 11 is 1.74. The summed E-state index contributed by atoms with van der Waals surface area (Å²) in [5.74, 6) is -0.0231. The number of aromatic nitrogens is 5. The van der Waals surface area contributed by atoms with Crippen molar-refractivity contribution in [2.24, 2.45) is 0 Å². The van der Waals surface area contributed by atoms with Crippen LogP contribution in [0.4, 0.5) is 5.13 Å². The van der Waals surface area contributed by atoms with Gasteiger partial charge >= 0.3 is 0 Å². The van der Waals surface area contributed by atoms with E-state index in [2.05, 4.69) is 53.9 Å². The van der Waals surface area contributed by atoms with Crippen molar-refractivity contribution in [1.29, 1.82) is 0 Å². The van der Waals surface area contributed by atoms with Gasteiger partial charge < -0.3 is 19.4 Å². The third-order valence-electron chi connectivity index (χ3n) is 6.96. The average molecular weight is 453 g/mol. The fourth-order valence-electron chi connectivity index (χ4n) is 5.06. The van der Waals surface area contributed by atoms with E-state index in [4.69, 9.17) is 14.5 Å². The average Bonchev–Trinajstić information content (AvgIpc) is 3.54. The molecule has 2 aliphatic rings. The van der Waals surface area contributed by atoms with Gasteiger partial charge in [0.15, 0.2) is 16.6 Å². The van der Waals surface area contributed by atoms with Crippen molar-refractivity contribution in [2.75, 3.05) is 31.2 Å². The molecule has 0 atom stereocenters. The Bertz CT molecular complexity index is 1300. The summed E-state index contributed by atoms with van der Waals surface area (Å²) in [7, 11) is 0. The summed E-state index contributed by atoms with van der Waals surface area (Å²) in [5.41, 5.74) is 7.93. The molecule has 0 saturated carbocycles. The van der Waals surface area contributed by atoms with Gasteiger partial charge in [-0.1, -0.05) is 25.2 Å². The van der Waals surface area contributed by atoms with Gasteiger partial charge in [-0.2, -0.15) is 5.10 Å². The molecule has 4 aromatic rings. The Kier molecular flexibility index (Phi) is 4.57. The molecule has 6 heterocycles. The van der Waals surface area contributed by atoms with Crippen molar-refractivity contribution in [1.82, 2.24) is 24.6 Å². The molecule has 0 aromatic carbocycles. The number of aryl methyl sites for hydroxylation is 1. The van der Waals surface area contributed by atoms with Crippen LogP contribution in [0.3, 0.4) is 0 Å². The highest BCUT2D eigenvalue weighted by Gasteiger charge is 2.40. The number of hydrogen-bond acceptors (Lipinski definition) is 7. The number of fused-ring (bicyclic) bond motifs is 2. The molecule has 9 heteroatoms. The molecule has 4 aromatic heterocycles. The van der Waals surface area contributed by atoms with Gasteiger partial charge in [-0.25, -0.2) is 14.5 Å². The lowest BCUT2D eigenvalue weighted by Gasteiger charge is -2.37. The normalized spacial score (nSPS) is 18.7. The van der Waals surface area contributed by atoms with Gasteiger partial charge in [-0.15, -0.1) is 0 Å². The highest BCUT2D eigenvalue weighted by Crippen LogP contribution is 2.42. The first-order valence-electron chi connectivity index (χ1n) is 11.3. The number of nitrogens with one attached hydrogen (secondary N) is 1. The van der Waals surface area contributed by atoms with E-state index in [1.54, 1.807) is 17.7 Å². The second-order valence-electron chi connectivity index (χ2n) is 9.16. The van der Waals surface area contributed by atoms with Gasteiger partial charge in [-0.3, -0.25) is 0 Å². The molecule has 0 unspecified atom stereocenters. The lowest BCUT2D eigenvalue weighted by Crippen LogP contribution is -2.45. The Morgan fingerprint density at radius 3 is 2.59 bits per heavy atom. The van der Waals surface area contributed by atoms with Gasteiger partial charge in [0.1, 0.15) is 16.7 Å². The summed E-state index contributed by atoms with van der Waals surface area (Å²) in [6.45, 7) is 12.0. The molecule has 2 aliphatic heterocycles. The van der Waals surface area contributed by atoms with E-state index < -0.39 is 0 Å². The molecule has 168 valence electrons. The summed E-state index contributed by atoms with van der Waals surface area (Å²) in [5, 5.41) is 5.46. The monoisotopic (exact) mass is 452 g/mol. The number of nitrogens with zero attached hydrogens (tertiary/aromatic N) is 5. The van der Waals surface area contributed by atoms with E-state index in [-0.39, 0.29) is 5.79 Å². The third-order valence-corrected chi connectivity index (χ3v) is 7.99. The molecule has 0 aliphatic carbocycles. The van der Waals surface area contributed by atoms with Crippen molar-refractivity contribution < 1.29 is 9.47 Å². The summed E-state index contributed by atoms with van der Waals surface area (Å²) in [6.07, 6.45) is 5.47. The molecule has 0 bridgehead atoms. The largest absolute Gasteiger partial charge is 0.348 e. The first-order valence-corrected chi connectivity index (χ1v) is 12.1. The first-order chi connectivity index (χ1) is 15.5. The van der Waals surface area contributed by atoms with Crippen LogP contribution in [-0.4, -0.2) is 56.7 Å². The van der Waals surface area contributed by atoms with Crippen LogP contribution in [0.5, 0.6) is 0 Å². The summed E-state index contributed by atoms with van der Waals surface area (Å²) < 4.78 is 13.6. The zero-order chi connectivity index (χ0) is 22.0. The number of thiazole rings is 1. The molecule has 1 spiro atoms. The number of H-pyrrole nitrogens is 1. The van der Waals surface area contributed by atoms with E-state index in [1.807, 2.05) is 4.52 Å². The Labute approximate surface area is 190 Å². The minimum atomic E-state index is -0.361. The van der Waals surface area contributed by atoms with E-state index in [1.165, 1.54) is 11.1 Å². The summed E-state index contributed by atoms with van der Waals surface area (Å²) in [6, 6.07) is 0. The van der Waals surface area contributed by atoms with E-state index >= 15 is 0 Å². The van der Waals surface area contributed by atoms with E-state index in [0.717, 1.165) is 63.9 Å². The molecule has 0 amide bonds. The van der Waals surface area contributed by atoms with Crippen LogP contribution in [0.25, 0.3) is 27.3 Å². The van der Waals surface area contributed by atoms with Gasteiger partial charge in [0.05, 0.1) is 18.9 Å². The van der Waals surface area contributed by atoms with Crippen LogP contribution >= 0.6 is 11.3 Å². The fourth-order valence-corrected chi connectivity index (χ4v) is 6.10. The van der Waals surface area contributed by atoms with Gasteiger partial charge in [0.25, 0.3) is 0 Å². The minimum Gasteiger partial charge on any atom is -0.348 e. The number of ether oxygens (including phenoxy) is 2. The van der Waals surface area contributed by atoms with E-state index in [9.17, 15) is 0 Å². The molecule has 32 heavy (non-hydrogen) atoms. The van der Waals surface area contributed by atoms with Gasteiger partial charge in [0, 0.05) is 43.3 Å². The van der Waals surface area contributed by atoms with Crippen molar-refractivity contribution in [3.8, 4) is 11.3 Å². The van der Waals surface area contributed by atoms with Crippen molar-refractivity contribution >= 4 is 32.5 Å². The van der Waals surface area contributed by atoms with E-state index in [0.29, 0.717) is 19.1 Å². The number of hydrogen-bond donors (Lipinski definition) is 1. The topological polar surface area (TPSA) is 80.6 Å². The predicted molar refractivity (Wildman–Crippen MR) is 126 cm³/mol. The van der Waals surface area contributed by atoms with Crippen molar-refractivity contribution in [3.05, 3.63) is 29.2 Å². The van der Waals surface area contributed by atoms with Gasteiger partial charge in [0.2, 0.25) is 0 Å². The SMILES string of the molecule is Cc1c(-c2[nH]c3sc(N4CCC5(CC4)OCCO5)nc3c2C(C)C)cn2ncnc2c1C. The molecule has 2 fully saturated rings. The molecular weight excluding hydrogens is 424 g/mol. The highest BCUT2D eigenvalue weighted by molar-refractivity contribution is 7.21. The Balaban J connectivity index is 1.39. The van der Waals surface area contributed by atoms with Crippen LogP contribution < -0.4 is 4.90 Å². The van der Waals surface area contributed by atoms with Crippen LogP contribution in [0, 0.1) is 13.8 Å². The molecule has 2 saturated heterocycles. The van der Waals surface area contributed by atoms with Crippen LogP contribution in [0.15, 0.2) is 12.5 Å². The van der Waals surface area contributed by atoms with Crippen LogP contribution in [-0.2, 0) is 9.47 Å². The molecule has 1 N–H and O–H groups in total. The number of rotatable bonds is 3. The predicted octanol–water partition coefficient (Wildman–Crippen LogP) is 4.42. The molecular formula is C23H28N6O2S. The quantitative estimate of drug-likeness (QED) is 0.496. The maximum absolute atomic E-state index is 5.89. The zero-order valence-electron chi connectivity index (χ0n) is 18.9. The number of anilines is 1. The number of pyridine rings is 1. The van der Waals surface area contributed by atoms with Gasteiger partial charge in [-0.05, 0) is 30.9 Å². The molecule has 6 rings (SSSR count). The number of aromatic amines is 1. The lowest BCUT2D eigenvalue weighted by atomic mass is 9.96. The second kappa shape index (κ2) is 7.26. The maximum atomic E-state index is 5.89. The molecule has 8 nitrogen and oxygen atoms in total. The first kappa shape index (κ1) is 20.1. The molecule has 0 radical (unpaired) electrons. The Morgan fingerprint density at radius 1 is 1.12 bits per heavy atom. The smallest absolute Gasteiger partial charge is 0.187 e. The second-order valence-corrected chi connectivity index (χ2v) is 10.1. The lowest BCUT2D eigenvalue weighted by molar-refractivity contribution is -0.169. The van der Waals surface area contributed by atoms with Crippen LogP contribution in [0.1, 0.15) is 49.3 Å². The fraction of sp³-hybridized carbons (Fsp3) is 0.522. The van der Waals surface area contributed by atoms with Crippen molar-refractivity contribution in [2.45, 2.75) is 52.2 Å². The standard InChI is InChI=1S/C23H28N6O2S/c1-13(2)17-18(16-11-29-20(24-12-25-29)15(4)14(16)3)26-21-19(17)27-22(32-21)28-7-5-23(6-8-28)30-9-10-31-23/h11-13,26H,5-10H2,1-4H3. The number of piperidine rings is 1. The third kappa shape index (κ3) is 2.98.